The first-order chi connectivity index (χ1) is 5.70. The summed E-state index contributed by atoms with van der Waals surface area (Å²) in [6.07, 6.45) is 0.229. The SMILES string of the molecule is CCOC[C](OCC)OC(C)=O. The highest BCUT2D eigenvalue weighted by Gasteiger charge is 2.13. The van der Waals surface area contributed by atoms with Crippen molar-refractivity contribution in [2.45, 2.75) is 20.8 Å². The highest BCUT2D eigenvalue weighted by Crippen LogP contribution is 2.05. The third-order valence-electron chi connectivity index (χ3n) is 0.987. The summed E-state index contributed by atoms with van der Waals surface area (Å²) in [5, 5.41) is 0. The Hall–Kier alpha value is -0.610. The Kier molecular flexibility index (Phi) is 6.70. The molecule has 0 saturated carbocycles. The maximum absolute atomic E-state index is 10.5. The van der Waals surface area contributed by atoms with Crippen molar-refractivity contribution in [1.82, 2.24) is 0 Å². The lowest BCUT2D eigenvalue weighted by atomic mass is 10.6. The second-order valence-electron chi connectivity index (χ2n) is 2.04. The third kappa shape index (κ3) is 6.12. The number of rotatable bonds is 6. The molecule has 0 bridgehead atoms. The monoisotopic (exact) mass is 175 g/mol. The Morgan fingerprint density at radius 3 is 2.33 bits per heavy atom. The number of ether oxygens (including phenoxy) is 3. The van der Waals surface area contributed by atoms with Crippen LogP contribution in [0.2, 0.25) is 0 Å². The zero-order chi connectivity index (χ0) is 9.40. The van der Waals surface area contributed by atoms with Crippen LogP contribution in [0.1, 0.15) is 20.8 Å². The van der Waals surface area contributed by atoms with Crippen molar-refractivity contribution in [1.29, 1.82) is 0 Å². The molecule has 0 unspecified atom stereocenters. The lowest BCUT2D eigenvalue weighted by Gasteiger charge is -2.13. The van der Waals surface area contributed by atoms with Gasteiger partial charge in [-0.05, 0) is 13.8 Å². The fraction of sp³-hybridized carbons (Fsp3) is 0.750. The van der Waals surface area contributed by atoms with Crippen molar-refractivity contribution in [2.75, 3.05) is 19.8 Å². The van der Waals surface area contributed by atoms with Crippen molar-refractivity contribution in [3.8, 4) is 0 Å². The minimum atomic E-state index is -0.391. The van der Waals surface area contributed by atoms with E-state index >= 15 is 0 Å². The fourth-order valence-electron chi connectivity index (χ4n) is 0.607. The standard InChI is InChI=1S/C8H15O4/c1-4-10-6-8(11-5-2)12-7(3)9/h4-6H2,1-3H3. The molecular weight excluding hydrogens is 160 g/mol. The number of esters is 1. The van der Waals surface area contributed by atoms with Gasteiger partial charge in [-0.2, -0.15) is 0 Å². The minimum absolute atomic E-state index is 0.212. The molecule has 1 radical (unpaired) electrons. The van der Waals surface area contributed by atoms with E-state index in [1.807, 2.05) is 13.8 Å². The molecule has 0 saturated heterocycles. The van der Waals surface area contributed by atoms with Gasteiger partial charge in [0.25, 0.3) is 0 Å². The van der Waals surface area contributed by atoms with Crippen molar-refractivity contribution in [3.63, 3.8) is 0 Å². The molecule has 0 aliphatic rings. The van der Waals surface area contributed by atoms with Crippen LogP contribution in [-0.2, 0) is 19.0 Å². The second-order valence-corrected chi connectivity index (χ2v) is 2.04. The van der Waals surface area contributed by atoms with Crippen molar-refractivity contribution in [2.24, 2.45) is 0 Å². The first-order valence-electron chi connectivity index (χ1n) is 3.95. The summed E-state index contributed by atoms with van der Waals surface area (Å²) in [7, 11) is 0. The van der Waals surface area contributed by atoms with Crippen molar-refractivity contribution < 1.29 is 19.0 Å². The maximum Gasteiger partial charge on any atom is 0.305 e. The van der Waals surface area contributed by atoms with Gasteiger partial charge in [0.15, 0.2) is 0 Å². The van der Waals surface area contributed by atoms with E-state index in [4.69, 9.17) is 14.2 Å². The van der Waals surface area contributed by atoms with E-state index in [9.17, 15) is 4.79 Å². The van der Waals surface area contributed by atoms with Gasteiger partial charge in [0.2, 0.25) is 0 Å². The predicted molar refractivity (Wildman–Crippen MR) is 43.1 cm³/mol. The van der Waals surface area contributed by atoms with Crippen molar-refractivity contribution in [3.05, 3.63) is 6.29 Å². The molecule has 0 fully saturated rings. The molecule has 0 spiro atoms. The van der Waals surface area contributed by atoms with Crippen LogP contribution < -0.4 is 0 Å². The largest absolute Gasteiger partial charge is 0.423 e. The molecule has 0 aliphatic carbocycles. The molecule has 71 valence electrons. The molecule has 0 rings (SSSR count). The Balaban J connectivity index is 3.61. The Bertz CT molecular complexity index is 124. The van der Waals surface area contributed by atoms with E-state index in [0.717, 1.165) is 0 Å². The van der Waals surface area contributed by atoms with Crippen LogP contribution in [0.3, 0.4) is 0 Å². The summed E-state index contributed by atoms with van der Waals surface area (Å²) in [5.41, 5.74) is 0. The summed E-state index contributed by atoms with van der Waals surface area (Å²) in [6, 6.07) is 0. The summed E-state index contributed by atoms with van der Waals surface area (Å²) >= 11 is 0. The zero-order valence-corrected chi connectivity index (χ0v) is 7.75. The second kappa shape index (κ2) is 7.06. The van der Waals surface area contributed by atoms with Crippen LogP contribution in [0, 0.1) is 6.29 Å². The van der Waals surface area contributed by atoms with Gasteiger partial charge in [-0.15, -0.1) is 0 Å². The molecule has 0 aliphatic heterocycles. The topological polar surface area (TPSA) is 44.8 Å². The Morgan fingerprint density at radius 2 is 1.92 bits per heavy atom. The molecular formula is C8H15O4. The first kappa shape index (κ1) is 11.4. The van der Waals surface area contributed by atoms with Gasteiger partial charge >= 0.3 is 12.3 Å². The van der Waals surface area contributed by atoms with Crippen molar-refractivity contribution >= 4 is 5.97 Å². The Morgan fingerprint density at radius 1 is 1.25 bits per heavy atom. The fourth-order valence-corrected chi connectivity index (χ4v) is 0.607. The number of carbonyl (C=O) groups is 1. The van der Waals surface area contributed by atoms with Gasteiger partial charge in [0.05, 0.1) is 0 Å². The summed E-state index contributed by atoms with van der Waals surface area (Å²) in [4.78, 5) is 10.5. The van der Waals surface area contributed by atoms with E-state index in [1.54, 1.807) is 0 Å². The van der Waals surface area contributed by atoms with Gasteiger partial charge < -0.3 is 14.2 Å². The van der Waals surface area contributed by atoms with Crippen LogP contribution in [0.4, 0.5) is 0 Å². The lowest BCUT2D eigenvalue weighted by Crippen LogP contribution is -2.17. The molecule has 0 aromatic rings. The summed E-state index contributed by atoms with van der Waals surface area (Å²) in [6.45, 7) is 6.25. The molecule has 0 heterocycles. The number of hydrogen-bond acceptors (Lipinski definition) is 4. The van der Waals surface area contributed by atoms with Crippen LogP contribution in [0.25, 0.3) is 0 Å². The summed E-state index contributed by atoms with van der Waals surface area (Å²) in [5.74, 6) is -0.391. The molecule has 0 atom stereocenters. The molecule has 0 aromatic carbocycles. The molecule has 0 aromatic heterocycles. The van der Waals surface area contributed by atoms with Crippen LogP contribution >= 0.6 is 0 Å². The molecule has 4 heteroatoms. The van der Waals surface area contributed by atoms with Crippen LogP contribution in [0.5, 0.6) is 0 Å². The van der Waals surface area contributed by atoms with Gasteiger partial charge in [-0.1, -0.05) is 0 Å². The normalized spacial score (nSPS) is 10.3. The van der Waals surface area contributed by atoms with Gasteiger partial charge in [-0.25, -0.2) is 0 Å². The maximum atomic E-state index is 10.5. The first-order valence-corrected chi connectivity index (χ1v) is 3.95. The molecule has 0 amide bonds. The molecule has 4 nitrogen and oxygen atoms in total. The van der Waals surface area contributed by atoms with E-state index in [-0.39, 0.29) is 12.9 Å². The lowest BCUT2D eigenvalue weighted by molar-refractivity contribution is -0.155. The van der Waals surface area contributed by atoms with E-state index < -0.39 is 5.97 Å². The predicted octanol–water partition coefficient (Wildman–Crippen LogP) is 1.11. The Labute approximate surface area is 72.8 Å². The third-order valence-corrected chi connectivity index (χ3v) is 0.987. The highest BCUT2D eigenvalue weighted by atomic mass is 16.7. The number of hydrogen-bond donors (Lipinski definition) is 0. The quantitative estimate of drug-likeness (QED) is 0.567. The van der Waals surface area contributed by atoms with E-state index in [2.05, 4.69) is 0 Å². The van der Waals surface area contributed by atoms with Gasteiger partial charge in [0, 0.05) is 20.1 Å². The van der Waals surface area contributed by atoms with Crippen LogP contribution in [0.15, 0.2) is 0 Å². The average Bonchev–Trinajstić information content (AvgIpc) is 2.00. The van der Waals surface area contributed by atoms with Gasteiger partial charge in [0.1, 0.15) is 6.61 Å². The highest BCUT2D eigenvalue weighted by molar-refractivity contribution is 5.66. The minimum Gasteiger partial charge on any atom is -0.423 e. The van der Waals surface area contributed by atoms with Gasteiger partial charge in [-0.3, -0.25) is 4.79 Å². The average molecular weight is 175 g/mol. The summed E-state index contributed by atoms with van der Waals surface area (Å²) < 4.78 is 14.7. The van der Waals surface area contributed by atoms with Crippen LogP contribution in [-0.4, -0.2) is 25.8 Å². The molecule has 12 heavy (non-hydrogen) atoms. The smallest absolute Gasteiger partial charge is 0.305 e. The zero-order valence-electron chi connectivity index (χ0n) is 7.75. The number of carbonyl (C=O) groups excluding carboxylic acids is 1. The molecule has 0 N–H and O–H groups in total. The van der Waals surface area contributed by atoms with E-state index in [1.165, 1.54) is 6.92 Å². The van der Waals surface area contributed by atoms with E-state index in [0.29, 0.717) is 13.2 Å².